The van der Waals surface area contributed by atoms with Crippen LogP contribution in [0.2, 0.25) is 0 Å². The van der Waals surface area contributed by atoms with Crippen molar-refractivity contribution < 1.29 is 37.0 Å². The van der Waals surface area contributed by atoms with Gasteiger partial charge in [0, 0.05) is 19.9 Å². The van der Waals surface area contributed by atoms with Crippen LogP contribution in [0, 0.1) is 5.82 Å². The lowest BCUT2D eigenvalue weighted by Gasteiger charge is -2.16. The highest BCUT2D eigenvalue weighted by Gasteiger charge is 2.29. The van der Waals surface area contributed by atoms with Gasteiger partial charge in [0.1, 0.15) is 30.0 Å². The standard InChI is InChI=1S/C23H22F4N4O5/c1-36-7-6-28-21(34)18-20(33)19-16(31(22(18)35)11-17(32)30-12-23(25,26)27)9-14(10-29-19)8-13-2-4-15(24)5-3-13/h2-5,9-10,33H,6-8,11-12H2,1H3,(H,28,34)(H,30,32). The molecule has 0 saturated carbocycles. The van der Waals surface area contributed by atoms with Gasteiger partial charge >= 0.3 is 6.18 Å². The van der Waals surface area contributed by atoms with Gasteiger partial charge in [-0.1, -0.05) is 12.1 Å². The van der Waals surface area contributed by atoms with E-state index in [9.17, 15) is 37.1 Å². The number of alkyl halides is 3. The number of nitrogens with one attached hydrogen (secondary N) is 2. The van der Waals surface area contributed by atoms with Crippen LogP contribution in [0.25, 0.3) is 11.0 Å². The summed E-state index contributed by atoms with van der Waals surface area (Å²) in [4.78, 5) is 42.1. The van der Waals surface area contributed by atoms with E-state index in [1.165, 1.54) is 43.6 Å². The first-order valence-corrected chi connectivity index (χ1v) is 10.6. The summed E-state index contributed by atoms with van der Waals surface area (Å²) in [5, 5.41) is 14.7. The minimum atomic E-state index is -4.67. The van der Waals surface area contributed by atoms with Crippen molar-refractivity contribution in [1.82, 2.24) is 20.2 Å². The summed E-state index contributed by atoms with van der Waals surface area (Å²) in [5.74, 6) is -3.30. The van der Waals surface area contributed by atoms with E-state index >= 15 is 0 Å². The Bertz CT molecular complexity index is 1320. The first-order chi connectivity index (χ1) is 17.0. The molecule has 13 heteroatoms. The molecule has 0 radical (unpaired) electrons. The van der Waals surface area contributed by atoms with Gasteiger partial charge in [-0.05, 0) is 35.7 Å². The minimum Gasteiger partial charge on any atom is -0.505 e. The van der Waals surface area contributed by atoms with Crippen LogP contribution in [0.4, 0.5) is 17.6 Å². The fourth-order valence-electron chi connectivity index (χ4n) is 3.40. The number of nitrogens with zero attached hydrogens (tertiary/aromatic N) is 2. The Labute approximate surface area is 201 Å². The summed E-state index contributed by atoms with van der Waals surface area (Å²) in [7, 11) is 1.39. The first kappa shape index (κ1) is 26.6. The second kappa shape index (κ2) is 11.2. The van der Waals surface area contributed by atoms with E-state index in [1.807, 2.05) is 0 Å². The average Bonchev–Trinajstić information content (AvgIpc) is 2.81. The highest BCUT2D eigenvalue weighted by molar-refractivity contribution is 6.01. The molecule has 0 aliphatic heterocycles. The second-order valence-electron chi connectivity index (χ2n) is 7.77. The molecule has 9 nitrogen and oxygen atoms in total. The van der Waals surface area contributed by atoms with Crippen molar-refractivity contribution >= 4 is 22.8 Å². The Morgan fingerprint density at radius 1 is 1.14 bits per heavy atom. The number of aromatic nitrogens is 2. The third-order valence-corrected chi connectivity index (χ3v) is 5.06. The molecule has 36 heavy (non-hydrogen) atoms. The quantitative estimate of drug-likeness (QED) is 0.299. The molecule has 0 atom stereocenters. The minimum absolute atomic E-state index is 0.00234. The third kappa shape index (κ3) is 6.56. The van der Waals surface area contributed by atoms with E-state index < -0.39 is 53.8 Å². The summed E-state index contributed by atoms with van der Waals surface area (Å²) in [5.41, 5.74) is -0.924. The monoisotopic (exact) mass is 510 g/mol. The molecular weight excluding hydrogens is 488 g/mol. The number of amides is 2. The van der Waals surface area contributed by atoms with E-state index in [1.54, 1.807) is 5.32 Å². The van der Waals surface area contributed by atoms with E-state index in [2.05, 4.69) is 10.3 Å². The fraction of sp³-hybridized carbons (Fsp3) is 0.304. The van der Waals surface area contributed by atoms with Gasteiger partial charge in [0.15, 0.2) is 5.75 Å². The van der Waals surface area contributed by atoms with Crippen LogP contribution in [-0.2, 0) is 22.5 Å². The number of aromatic hydroxyl groups is 1. The number of ether oxygens (including phenoxy) is 1. The number of carbonyl (C=O) groups excluding carboxylic acids is 2. The maximum absolute atomic E-state index is 13.2. The molecule has 3 rings (SSSR count). The number of halogens is 4. The van der Waals surface area contributed by atoms with E-state index in [0.717, 1.165) is 4.57 Å². The lowest BCUT2D eigenvalue weighted by Crippen LogP contribution is -2.40. The number of pyridine rings is 2. The number of methoxy groups -OCH3 is 1. The van der Waals surface area contributed by atoms with Crippen LogP contribution in [0.15, 0.2) is 41.3 Å². The molecule has 2 amide bonds. The van der Waals surface area contributed by atoms with Crippen molar-refractivity contribution in [2.24, 2.45) is 0 Å². The van der Waals surface area contributed by atoms with Crippen molar-refractivity contribution in [3.8, 4) is 5.75 Å². The molecule has 0 aliphatic rings. The predicted molar refractivity (Wildman–Crippen MR) is 120 cm³/mol. The Kier molecular flexibility index (Phi) is 8.25. The Morgan fingerprint density at radius 3 is 2.47 bits per heavy atom. The van der Waals surface area contributed by atoms with Crippen molar-refractivity contribution in [3.05, 3.63) is 69.4 Å². The van der Waals surface area contributed by atoms with Gasteiger partial charge in [0.2, 0.25) is 5.91 Å². The summed E-state index contributed by atoms with van der Waals surface area (Å²) in [6.45, 7) is -2.37. The Hall–Kier alpha value is -4.00. The van der Waals surface area contributed by atoms with Gasteiger partial charge in [-0.15, -0.1) is 0 Å². The molecule has 2 aromatic heterocycles. The van der Waals surface area contributed by atoms with Gasteiger partial charge < -0.3 is 20.5 Å². The Morgan fingerprint density at radius 2 is 1.83 bits per heavy atom. The van der Waals surface area contributed by atoms with E-state index in [-0.39, 0.29) is 30.6 Å². The molecule has 0 fully saturated rings. The van der Waals surface area contributed by atoms with Crippen LogP contribution in [0.5, 0.6) is 5.75 Å². The van der Waals surface area contributed by atoms with Gasteiger partial charge in [0.25, 0.3) is 11.5 Å². The number of hydrogen-bond donors (Lipinski definition) is 3. The van der Waals surface area contributed by atoms with Crippen molar-refractivity contribution in [3.63, 3.8) is 0 Å². The molecule has 3 aromatic rings. The lowest BCUT2D eigenvalue weighted by atomic mass is 10.1. The van der Waals surface area contributed by atoms with Crippen LogP contribution in [0.1, 0.15) is 21.5 Å². The maximum Gasteiger partial charge on any atom is 0.405 e. The van der Waals surface area contributed by atoms with Crippen LogP contribution in [-0.4, -0.2) is 59.5 Å². The SMILES string of the molecule is COCCNC(=O)c1c(O)c2ncc(Cc3ccc(F)cc3)cc2n(CC(=O)NCC(F)(F)F)c1=O. The van der Waals surface area contributed by atoms with Crippen molar-refractivity contribution in [2.75, 3.05) is 26.8 Å². The molecule has 1 aromatic carbocycles. The summed E-state index contributed by atoms with van der Waals surface area (Å²) >= 11 is 0. The van der Waals surface area contributed by atoms with Crippen LogP contribution < -0.4 is 16.2 Å². The smallest absolute Gasteiger partial charge is 0.405 e. The van der Waals surface area contributed by atoms with Crippen LogP contribution >= 0.6 is 0 Å². The second-order valence-corrected chi connectivity index (χ2v) is 7.77. The highest BCUT2D eigenvalue weighted by atomic mass is 19.4. The number of fused-ring (bicyclic) bond motifs is 1. The number of benzene rings is 1. The topological polar surface area (TPSA) is 123 Å². The van der Waals surface area contributed by atoms with Crippen molar-refractivity contribution in [1.29, 1.82) is 0 Å². The van der Waals surface area contributed by atoms with Gasteiger partial charge in [-0.2, -0.15) is 13.2 Å². The molecule has 0 spiro atoms. The fourth-order valence-corrected chi connectivity index (χ4v) is 3.40. The molecule has 0 saturated heterocycles. The summed E-state index contributed by atoms with van der Waals surface area (Å²) in [6, 6.07) is 6.98. The van der Waals surface area contributed by atoms with Crippen molar-refractivity contribution in [2.45, 2.75) is 19.1 Å². The van der Waals surface area contributed by atoms with E-state index in [4.69, 9.17) is 4.74 Å². The number of rotatable bonds is 9. The zero-order chi connectivity index (χ0) is 26.5. The highest BCUT2D eigenvalue weighted by Crippen LogP contribution is 2.26. The molecule has 0 bridgehead atoms. The Balaban J connectivity index is 2.07. The largest absolute Gasteiger partial charge is 0.505 e. The number of hydrogen-bond acceptors (Lipinski definition) is 6. The van der Waals surface area contributed by atoms with Gasteiger partial charge in [-0.25, -0.2) is 4.39 Å². The summed E-state index contributed by atoms with van der Waals surface area (Å²) in [6.07, 6.45) is -3.08. The molecule has 3 N–H and O–H groups in total. The average molecular weight is 510 g/mol. The predicted octanol–water partition coefficient (Wildman–Crippen LogP) is 1.89. The number of carbonyl (C=O) groups is 2. The third-order valence-electron chi connectivity index (χ3n) is 5.06. The van der Waals surface area contributed by atoms with Gasteiger partial charge in [-0.3, -0.25) is 23.9 Å². The van der Waals surface area contributed by atoms with Crippen LogP contribution in [0.3, 0.4) is 0 Å². The molecule has 0 unspecified atom stereocenters. The lowest BCUT2D eigenvalue weighted by molar-refractivity contribution is -0.138. The zero-order valence-electron chi connectivity index (χ0n) is 19.0. The molecule has 192 valence electrons. The molecular formula is C23H22F4N4O5. The normalized spacial score (nSPS) is 11.5. The summed E-state index contributed by atoms with van der Waals surface area (Å²) < 4.78 is 56.4. The molecule has 0 aliphatic carbocycles. The zero-order valence-corrected chi connectivity index (χ0v) is 19.0. The molecule has 2 heterocycles. The maximum atomic E-state index is 13.2. The van der Waals surface area contributed by atoms with E-state index in [0.29, 0.717) is 11.1 Å². The first-order valence-electron chi connectivity index (χ1n) is 10.6. The van der Waals surface area contributed by atoms with Gasteiger partial charge in [0.05, 0.1) is 12.1 Å².